The Morgan fingerprint density at radius 1 is 1.00 bits per heavy atom. The Hall–Kier alpha value is -2.70. The van der Waals surface area contributed by atoms with E-state index in [0.29, 0.717) is 11.5 Å². The van der Waals surface area contributed by atoms with Crippen LogP contribution in [-0.4, -0.2) is 25.3 Å². The molecule has 0 unspecified atom stereocenters. The van der Waals surface area contributed by atoms with Crippen LogP contribution < -0.4 is 14.8 Å². The van der Waals surface area contributed by atoms with Gasteiger partial charge in [0, 0.05) is 0 Å². The predicted octanol–water partition coefficient (Wildman–Crippen LogP) is 3.88. The van der Waals surface area contributed by atoms with Crippen LogP contribution in [0.15, 0.2) is 54.6 Å². The summed E-state index contributed by atoms with van der Waals surface area (Å²) >= 11 is 0. The minimum Gasteiger partial charge on any atom is -0.497 e. The Balaban J connectivity index is 2.06. The van der Waals surface area contributed by atoms with Gasteiger partial charge in [0.1, 0.15) is 11.5 Å². The van der Waals surface area contributed by atoms with Crippen LogP contribution in [0.25, 0.3) is 0 Å². The van der Waals surface area contributed by atoms with E-state index in [0.717, 1.165) is 0 Å². The summed E-state index contributed by atoms with van der Waals surface area (Å²) in [6.45, 7) is 1.39. The third-order valence-electron chi connectivity index (χ3n) is 3.49. The highest BCUT2D eigenvalue weighted by atomic mass is 19.4. The van der Waals surface area contributed by atoms with E-state index in [2.05, 4.69) is 0 Å². The molecule has 0 saturated carbocycles. The Bertz CT molecular complexity index is 687. The van der Waals surface area contributed by atoms with E-state index in [1.54, 1.807) is 30.3 Å². The molecule has 0 aliphatic carbocycles. The van der Waals surface area contributed by atoms with Crippen molar-refractivity contribution in [1.82, 2.24) is 5.32 Å². The summed E-state index contributed by atoms with van der Waals surface area (Å²) in [4.78, 5) is 12.1. The molecule has 0 radical (unpaired) electrons. The molecule has 134 valence electrons. The van der Waals surface area contributed by atoms with Crippen molar-refractivity contribution in [2.75, 3.05) is 7.11 Å². The lowest BCUT2D eigenvalue weighted by Gasteiger charge is -2.24. The molecule has 0 aliphatic rings. The maximum absolute atomic E-state index is 13.3. The molecule has 2 rings (SSSR count). The zero-order valence-electron chi connectivity index (χ0n) is 13.7. The van der Waals surface area contributed by atoms with Gasteiger partial charge in [0.2, 0.25) is 0 Å². The first-order valence-electron chi connectivity index (χ1n) is 7.54. The number of hydrogen-bond acceptors (Lipinski definition) is 3. The van der Waals surface area contributed by atoms with Crippen molar-refractivity contribution in [2.45, 2.75) is 25.2 Å². The fourth-order valence-corrected chi connectivity index (χ4v) is 2.17. The number of methoxy groups -OCH3 is 1. The van der Waals surface area contributed by atoms with E-state index < -0.39 is 24.2 Å². The lowest BCUT2D eigenvalue weighted by molar-refractivity contribution is -0.165. The van der Waals surface area contributed by atoms with Crippen molar-refractivity contribution >= 4 is 5.91 Å². The standard InChI is InChI=1S/C18H18F3NO3/c1-12(25-15-10-8-14(24-2)9-11-15)17(23)22-16(18(19,20)21)13-6-4-3-5-7-13/h3-12,16H,1-2H3,(H,22,23)/t12-,16-/m0/s1. The highest BCUT2D eigenvalue weighted by molar-refractivity contribution is 5.81. The van der Waals surface area contributed by atoms with Crippen LogP contribution in [0.1, 0.15) is 18.5 Å². The summed E-state index contributed by atoms with van der Waals surface area (Å²) in [5.41, 5.74) is -0.0417. The highest BCUT2D eigenvalue weighted by Crippen LogP contribution is 2.32. The van der Waals surface area contributed by atoms with Crippen LogP contribution in [0.5, 0.6) is 11.5 Å². The number of carbonyl (C=O) groups excluding carboxylic acids is 1. The molecule has 2 aromatic rings. The molecule has 4 nitrogen and oxygen atoms in total. The number of amides is 1. The lowest BCUT2D eigenvalue weighted by Crippen LogP contribution is -2.43. The van der Waals surface area contributed by atoms with Crippen LogP contribution in [0.3, 0.4) is 0 Å². The van der Waals surface area contributed by atoms with Gasteiger partial charge in [0.05, 0.1) is 7.11 Å². The highest BCUT2D eigenvalue weighted by Gasteiger charge is 2.42. The van der Waals surface area contributed by atoms with Gasteiger partial charge >= 0.3 is 6.18 Å². The SMILES string of the molecule is COc1ccc(O[C@@H](C)C(=O)N[C@@H](c2ccccc2)C(F)(F)F)cc1. The lowest BCUT2D eigenvalue weighted by atomic mass is 10.1. The van der Waals surface area contributed by atoms with Crippen molar-refractivity contribution in [1.29, 1.82) is 0 Å². The number of benzene rings is 2. The van der Waals surface area contributed by atoms with Crippen molar-refractivity contribution in [3.8, 4) is 11.5 Å². The van der Waals surface area contributed by atoms with E-state index >= 15 is 0 Å². The normalized spacial score (nSPS) is 13.6. The smallest absolute Gasteiger partial charge is 0.412 e. The number of carbonyl (C=O) groups is 1. The number of rotatable bonds is 6. The van der Waals surface area contributed by atoms with E-state index in [1.165, 1.54) is 38.3 Å². The van der Waals surface area contributed by atoms with Crippen LogP contribution >= 0.6 is 0 Å². The van der Waals surface area contributed by atoms with Gasteiger partial charge in [-0.2, -0.15) is 13.2 Å². The predicted molar refractivity (Wildman–Crippen MR) is 86.5 cm³/mol. The van der Waals surface area contributed by atoms with Crippen molar-refractivity contribution in [2.24, 2.45) is 0 Å². The summed E-state index contributed by atoms with van der Waals surface area (Å²) in [5, 5.41) is 2.00. The number of halogens is 3. The molecule has 2 atom stereocenters. The third kappa shape index (κ3) is 5.14. The monoisotopic (exact) mass is 353 g/mol. The van der Waals surface area contributed by atoms with Gasteiger partial charge < -0.3 is 14.8 Å². The Kier molecular flexibility index (Phi) is 5.90. The van der Waals surface area contributed by atoms with Crippen molar-refractivity contribution in [3.05, 3.63) is 60.2 Å². The number of alkyl halides is 3. The van der Waals surface area contributed by atoms with E-state index in [4.69, 9.17) is 9.47 Å². The second-order valence-electron chi connectivity index (χ2n) is 5.33. The van der Waals surface area contributed by atoms with Gasteiger partial charge in [-0.1, -0.05) is 30.3 Å². The fraction of sp³-hybridized carbons (Fsp3) is 0.278. The Labute approximate surface area is 143 Å². The maximum Gasteiger partial charge on any atom is 0.412 e. The quantitative estimate of drug-likeness (QED) is 0.857. The minimum absolute atomic E-state index is 0.0417. The number of hydrogen-bond donors (Lipinski definition) is 1. The molecule has 1 N–H and O–H groups in total. The van der Waals surface area contributed by atoms with Gasteiger partial charge in [0.25, 0.3) is 5.91 Å². The molecule has 0 spiro atoms. The van der Waals surface area contributed by atoms with Gasteiger partial charge in [0.15, 0.2) is 12.1 Å². The summed E-state index contributed by atoms with van der Waals surface area (Å²) in [6.07, 6.45) is -5.71. The first-order valence-corrected chi connectivity index (χ1v) is 7.54. The largest absolute Gasteiger partial charge is 0.497 e. The van der Waals surface area contributed by atoms with Crippen LogP contribution in [0, 0.1) is 0 Å². The second kappa shape index (κ2) is 7.92. The molecule has 0 fully saturated rings. The fourth-order valence-electron chi connectivity index (χ4n) is 2.17. The van der Waals surface area contributed by atoms with Gasteiger partial charge in [-0.25, -0.2) is 0 Å². The molecule has 0 aliphatic heterocycles. The van der Waals surface area contributed by atoms with Crippen LogP contribution in [0.4, 0.5) is 13.2 Å². The zero-order chi connectivity index (χ0) is 18.4. The van der Waals surface area contributed by atoms with Crippen molar-refractivity contribution < 1.29 is 27.4 Å². The molecule has 0 aromatic heterocycles. The van der Waals surface area contributed by atoms with Gasteiger partial charge in [-0.05, 0) is 36.8 Å². The first kappa shape index (κ1) is 18.6. The van der Waals surface area contributed by atoms with Crippen molar-refractivity contribution in [3.63, 3.8) is 0 Å². The second-order valence-corrected chi connectivity index (χ2v) is 5.33. The molecular weight excluding hydrogens is 335 g/mol. The minimum atomic E-state index is -4.61. The molecular formula is C18H18F3NO3. The molecule has 7 heteroatoms. The van der Waals surface area contributed by atoms with Gasteiger partial charge in [-0.15, -0.1) is 0 Å². The van der Waals surface area contributed by atoms with Gasteiger partial charge in [-0.3, -0.25) is 4.79 Å². The third-order valence-corrected chi connectivity index (χ3v) is 3.49. The van der Waals surface area contributed by atoms with E-state index in [9.17, 15) is 18.0 Å². The summed E-state index contributed by atoms with van der Waals surface area (Å²) in [5.74, 6) is 0.0967. The maximum atomic E-state index is 13.3. The van der Waals surface area contributed by atoms with Crippen LogP contribution in [-0.2, 0) is 4.79 Å². The number of nitrogens with one attached hydrogen (secondary N) is 1. The Morgan fingerprint density at radius 2 is 1.56 bits per heavy atom. The average molecular weight is 353 g/mol. The van der Waals surface area contributed by atoms with E-state index in [-0.39, 0.29) is 5.56 Å². The average Bonchev–Trinajstić information content (AvgIpc) is 2.59. The number of ether oxygens (including phenoxy) is 2. The summed E-state index contributed by atoms with van der Waals surface area (Å²) in [6, 6.07) is 11.5. The first-order chi connectivity index (χ1) is 11.8. The summed E-state index contributed by atoms with van der Waals surface area (Å²) < 4.78 is 50.2. The Morgan fingerprint density at radius 3 is 2.08 bits per heavy atom. The summed E-state index contributed by atoms with van der Waals surface area (Å²) in [7, 11) is 1.51. The topological polar surface area (TPSA) is 47.6 Å². The van der Waals surface area contributed by atoms with E-state index in [1.807, 2.05) is 5.32 Å². The molecule has 25 heavy (non-hydrogen) atoms. The molecule has 0 saturated heterocycles. The molecule has 1 amide bonds. The molecule has 0 heterocycles. The molecule has 2 aromatic carbocycles. The zero-order valence-corrected chi connectivity index (χ0v) is 13.7. The van der Waals surface area contributed by atoms with Crippen LogP contribution in [0.2, 0.25) is 0 Å². The molecule has 0 bridgehead atoms.